The summed E-state index contributed by atoms with van der Waals surface area (Å²) in [6, 6.07) is 5.41. The molecule has 0 unspecified atom stereocenters. The third kappa shape index (κ3) is 3.72. The molecule has 3 rings (SSSR count). The number of aryl methyl sites for hydroxylation is 1. The Hall–Kier alpha value is -2.02. The molecule has 0 amide bonds. The fraction of sp³-hybridized carbons (Fsp3) is 0.375. The van der Waals surface area contributed by atoms with Gasteiger partial charge in [-0.1, -0.05) is 11.6 Å². The monoisotopic (exact) mass is 356 g/mol. The van der Waals surface area contributed by atoms with Crippen molar-refractivity contribution in [3.8, 4) is 0 Å². The molecule has 1 aliphatic rings. The summed E-state index contributed by atoms with van der Waals surface area (Å²) < 4.78 is 39.6. The zero-order valence-corrected chi connectivity index (χ0v) is 13.7. The zero-order chi connectivity index (χ0) is 17.3. The van der Waals surface area contributed by atoms with Crippen molar-refractivity contribution in [2.45, 2.75) is 25.9 Å². The van der Waals surface area contributed by atoms with E-state index in [4.69, 9.17) is 11.6 Å². The third-order valence-electron chi connectivity index (χ3n) is 3.80. The van der Waals surface area contributed by atoms with Crippen LogP contribution in [0.5, 0.6) is 0 Å². The van der Waals surface area contributed by atoms with Crippen molar-refractivity contribution in [2.75, 3.05) is 23.3 Å². The number of rotatable bonds is 3. The van der Waals surface area contributed by atoms with E-state index >= 15 is 0 Å². The molecule has 1 saturated heterocycles. The van der Waals surface area contributed by atoms with E-state index < -0.39 is 11.7 Å². The van der Waals surface area contributed by atoms with Crippen molar-refractivity contribution < 1.29 is 13.2 Å². The summed E-state index contributed by atoms with van der Waals surface area (Å²) in [6.07, 6.45) is -2.35. The molecule has 1 aliphatic heterocycles. The van der Waals surface area contributed by atoms with Gasteiger partial charge in [0.15, 0.2) is 0 Å². The molecule has 1 aromatic heterocycles. The van der Waals surface area contributed by atoms with Gasteiger partial charge in [0.05, 0.1) is 11.3 Å². The van der Waals surface area contributed by atoms with Crippen LogP contribution in [0, 0.1) is 6.92 Å². The van der Waals surface area contributed by atoms with Crippen LogP contribution in [-0.4, -0.2) is 23.1 Å². The van der Waals surface area contributed by atoms with Crippen molar-refractivity contribution in [3.63, 3.8) is 0 Å². The number of nitrogens with zero attached hydrogens (tertiary/aromatic N) is 3. The van der Waals surface area contributed by atoms with Gasteiger partial charge >= 0.3 is 6.18 Å². The molecule has 2 heterocycles. The van der Waals surface area contributed by atoms with Gasteiger partial charge in [0.2, 0.25) is 5.95 Å². The average Bonchev–Trinajstić information content (AvgIpc) is 3.02. The molecule has 0 radical (unpaired) electrons. The lowest BCUT2D eigenvalue weighted by atomic mass is 10.1. The summed E-state index contributed by atoms with van der Waals surface area (Å²) in [7, 11) is 0. The minimum atomic E-state index is -4.52. The minimum Gasteiger partial charge on any atom is -0.356 e. The van der Waals surface area contributed by atoms with Gasteiger partial charge in [-0.2, -0.15) is 18.2 Å². The second-order valence-electron chi connectivity index (χ2n) is 5.70. The highest BCUT2D eigenvalue weighted by Gasteiger charge is 2.34. The molecule has 0 saturated carbocycles. The summed E-state index contributed by atoms with van der Waals surface area (Å²) in [6.45, 7) is 3.58. The van der Waals surface area contributed by atoms with Crippen LogP contribution in [0.1, 0.15) is 24.1 Å². The van der Waals surface area contributed by atoms with Crippen LogP contribution in [0.15, 0.2) is 24.3 Å². The summed E-state index contributed by atoms with van der Waals surface area (Å²) in [4.78, 5) is 10.7. The molecule has 0 atom stereocenters. The van der Waals surface area contributed by atoms with Gasteiger partial charge in [-0.15, -0.1) is 0 Å². The molecule has 0 aliphatic carbocycles. The molecule has 2 aromatic rings. The standard InChI is InChI=1S/C16H16ClF3N4/c1-10-8-14(24-6-2-3-7-24)23-15(21-10)22-13-5-4-11(17)9-12(13)16(18,19)20/h4-5,8-9H,2-3,6-7H2,1H3,(H,21,22,23). The Morgan fingerprint density at radius 3 is 2.50 bits per heavy atom. The largest absolute Gasteiger partial charge is 0.418 e. The van der Waals surface area contributed by atoms with E-state index in [1.165, 1.54) is 12.1 Å². The Balaban J connectivity index is 1.94. The Labute approximate surface area is 142 Å². The minimum absolute atomic E-state index is 0.0239. The van der Waals surface area contributed by atoms with Crippen molar-refractivity contribution in [3.05, 3.63) is 40.5 Å². The molecule has 0 bridgehead atoms. The van der Waals surface area contributed by atoms with Crippen LogP contribution >= 0.6 is 11.6 Å². The number of alkyl halides is 3. The first kappa shape index (κ1) is 16.8. The van der Waals surface area contributed by atoms with Gasteiger partial charge in [-0.3, -0.25) is 0 Å². The lowest BCUT2D eigenvalue weighted by Gasteiger charge is -2.19. The normalized spacial score (nSPS) is 15.0. The molecule has 24 heavy (non-hydrogen) atoms. The van der Waals surface area contributed by atoms with Gasteiger partial charge in [-0.05, 0) is 38.0 Å². The van der Waals surface area contributed by atoms with E-state index in [0.29, 0.717) is 5.69 Å². The Morgan fingerprint density at radius 2 is 1.83 bits per heavy atom. The van der Waals surface area contributed by atoms with Gasteiger partial charge in [0.1, 0.15) is 5.82 Å². The maximum absolute atomic E-state index is 13.2. The molecule has 128 valence electrons. The second-order valence-corrected chi connectivity index (χ2v) is 6.13. The van der Waals surface area contributed by atoms with Crippen LogP contribution < -0.4 is 10.2 Å². The maximum Gasteiger partial charge on any atom is 0.418 e. The lowest BCUT2D eigenvalue weighted by Crippen LogP contribution is -2.20. The van der Waals surface area contributed by atoms with Crippen LogP contribution in [0.2, 0.25) is 5.02 Å². The molecule has 8 heteroatoms. The second kappa shape index (κ2) is 6.47. The highest BCUT2D eigenvalue weighted by atomic mass is 35.5. The summed E-state index contributed by atoms with van der Waals surface area (Å²) in [5.74, 6) is 0.870. The fourth-order valence-corrected chi connectivity index (χ4v) is 2.87. The number of hydrogen-bond acceptors (Lipinski definition) is 4. The van der Waals surface area contributed by atoms with E-state index in [1.807, 2.05) is 6.07 Å². The summed E-state index contributed by atoms with van der Waals surface area (Å²) in [5.41, 5.74) is -0.273. The van der Waals surface area contributed by atoms with E-state index in [0.717, 1.165) is 37.8 Å². The van der Waals surface area contributed by atoms with E-state index in [2.05, 4.69) is 20.2 Å². The topological polar surface area (TPSA) is 41.1 Å². The number of benzene rings is 1. The summed E-state index contributed by atoms with van der Waals surface area (Å²) >= 11 is 5.70. The lowest BCUT2D eigenvalue weighted by molar-refractivity contribution is -0.136. The number of aromatic nitrogens is 2. The molecule has 1 aromatic carbocycles. The number of nitrogens with one attached hydrogen (secondary N) is 1. The van der Waals surface area contributed by atoms with Gasteiger partial charge in [-0.25, -0.2) is 4.98 Å². The van der Waals surface area contributed by atoms with E-state index in [9.17, 15) is 13.2 Å². The van der Waals surface area contributed by atoms with E-state index in [1.54, 1.807) is 6.92 Å². The first-order valence-corrected chi connectivity index (χ1v) is 7.95. The predicted molar refractivity (Wildman–Crippen MR) is 88.0 cm³/mol. The quantitative estimate of drug-likeness (QED) is 0.857. The third-order valence-corrected chi connectivity index (χ3v) is 4.04. The summed E-state index contributed by atoms with van der Waals surface area (Å²) in [5, 5.41) is 2.71. The Kier molecular flexibility index (Phi) is 4.54. The number of hydrogen-bond donors (Lipinski definition) is 1. The average molecular weight is 357 g/mol. The maximum atomic E-state index is 13.2. The van der Waals surface area contributed by atoms with Gasteiger partial charge < -0.3 is 10.2 Å². The predicted octanol–water partition coefficient (Wildman–Crippen LogP) is 4.80. The van der Waals surface area contributed by atoms with Crippen LogP contribution in [0.4, 0.5) is 30.6 Å². The molecule has 1 N–H and O–H groups in total. The zero-order valence-electron chi connectivity index (χ0n) is 13.0. The van der Waals surface area contributed by atoms with Crippen LogP contribution in [-0.2, 0) is 6.18 Å². The van der Waals surface area contributed by atoms with Crippen molar-refractivity contribution in [1.82, 2.24) is 9.97 Å². The smallest absolute Gasteiger partial charge is 0.356 e. The van der Waals surface area contributed by atoms with Crippen molar-refractivity contribution in [1.29, 1.82) is 0 Å². The van der Waals surface area contributed by atoms with E-state index in [-0.39, 0.29) is 16.7 Å². The SMILES string of the molecule is Cc1cc(N2CCCC2)nc(Nc2ccc(Cl)cc2C(F)(F)F)n1. The van der Waals surface area contributed by atoms with Crippen molar-refractivity contribution in [2.24, 2.45) is 0 Å². The molecular weight excluding hydrogens is 341 g/mol. The first-order chi connectivity index (χ1) is 11.3. The Bertz CT molecular complexity index is 743. The molecule has 0 spiro atoms. The fourth-order valence-electron chi connectivity index (χ4n) is 2.70. The highest BCUT2D eigenvalue weighted by Crippen LogP contribution is 2.37. The number of anilines is 3. The number of halogens is 4. The Morgan fingerprint density at radius 1 is 1.12 bits per heavy atom. The molecule has 4 nitrogen and oxygen atoms in total. The first-order valence-electron chi connectivity index (χ1n) is 7.57. The van der Waals surface area contributed by atoms with Crippen LogP contribution in [0.3, 0.4) is 0 Å². The molecular formula is C16H16ClF3N4. The van der Waals surface area contributed by atoms with Gasteiger partial charge in [0, 0.05) is 29.9 Å². The van der Waals surface area contributed by atoms with Crippen molar-refractivity contribution >= 4 is 29.1 Å². The highest BCUT2D eigenvalue weighted by molar-refractivity contribution is 6.30. The van der Waals surface area contributed by atoms with Crippen LogP contribution in [0.25, 0.3) is 0 Å². The van der Waals surface area contributed by atoms with Gasteiger partial charge in [0.25, 0.3) is 0 Å². The molecule has 1 fully saturated rings.